The number of likely N-dealkylation sites (tertiary alicyclic amines) is 1. The molecular weight excluding hydrogens is 358 g/mol. The van der Waals surface area contributed by atoms with E-state index in [1.165, 1.54) is 6.33 Å². The quantitative estimate of drug-likeness (QED) is 0.887. The standard InChI is InChI=1S/C16H20BrN5O/c1-16(18,12-4-6-13(17)7-5-12)15(23)21-8-2-3-14(9-21)22-11-19-10-20-22/h4-7,10-11,14H,2-3,8-9,18H2,1H3. The molecule has 1 aromatic carbocycles. The minimum absolute atomic E-state index is 0.0513. The Labute approximate surface area is 143 Å². The van der Waals surface area contributed by atoms with Crippen molar-refractivity contribution in [2.45, 2.75) is 31.3 Å². The van der Waals surface area contributed by atoms with Gasteiger partial charge in [0.15, 0.2) is 0 Å². The molecule has 1 aliphatic heterocycles. The fraction of sp³-hybridized carbons (Fsp3) is 0.438. The average molecular weight is 378 g/mol. The largest absolute Gasteiger partial charge is 0.339 e. The second-order valence-corrected chi connectivity index (χ2v) is 7.05. The highest BCUT2D eigenvalue weighted by molar-refractivity contribution is 9.10. The molecular formula is C16H20BrN5O. The van der Waals surface area contributed by atoms with E-state index in [-0.39, 0.29) is 11.9 Å². The van der Waals surface area contributed by atoms with Crippen LogP contribution in [0.15, 0.2) is 41.4 Å². The number of nitrogens with two attached hydrogens (primary N) is 1. The molecule has 23 heavy (non-hydrogen) atoms. The first-order chi connectivity index (χ1) is 11.0. The van der Waals surface area contributed by atoms with Crippen molar-refractivity contribution in [1.82, 2.24) is 19.7 Å². The van der Waals surface area contributed by atoms with Gasteiger partial charge in [-0.1, -0.05) is 28.1 Å². The maximum Gasteiger partial charge on any atom is 0.247 e. The predicted molar refractivity (Wildman–Crippen MR) is 90.6 cm³/mol. The van der Waals surface area contributed by atoms with E-state index in [1.54, 1.807) is 13.3 Å². The Morgan fingerprint density at radius 1 is 1.39 bits per heavy atom. The van der Waals surface area contributed by atoms with Crippen LogP contribution in [0, 0.1) is 0 Å². The van der Waals surface area contributed by atoms with Crippen LogP contribution < -0.4 is 5.73 Å². The summed E-state index contributed by atoms with van der Waals surface area (Å²) < 4.78 is 2.79. The minimum Gasteiger partial charge on any atom is -0.339 e. The number of amides is 1. The van der Waals surface area contributed by atoms with Crippen LogP contribution >= 0.6 is 15.9 Å². The van der Waals surface area contributed by atoms with Crippen LogP contribution in [0.25, 0.3) is 0 Å². The molecule has 0 radical (unpaired) electrons. The first-order valence-electron chi connectivity index (χ1n) is 7.67. The molecule has 1 saturated heterocycles. The Morgan fingerprint density at radius 3 is 2.78 bits per heavy atom. The van der Waals surface area contributed by atoms with Crippen molar-refractivity contribution in [3.05, 3.63) is 47.0 Å². The molecule has 1 aliphatic rings. The normalized spacial score (nSPS) is 21.0. The molecule has 0 aliphatic carbocycles. The van der Waals surface area contributed by atoms with Crippen LogP contribution in [-0.2, 0) is 10.3 Å². The number of carbonyl (C=O) groups is 1. The monoisotopic (exact) mass is 377 g/mol. The van der Waals surface area contributed by atoms with Gasteiger partial charge in [-0.05, 0) is 37.5 Å². The van der Waals surface area contributed by atoms with Crippen molar-refractivity contribution in [2.24, 2.45) is 5.73 Å². The number of hydrogen-bond donors (Lipinski definition) is 1. The molecule has 1 fully saturated rings. The zero-order chi connectivity index (χ0) is 16.4. The molecule has 1 amide bonds. The third-order valence-electron chi connectivity index (χ3n) is 4.38. The molecule has 2 N–H and O–H groups in total. The van der Waals surface area contributed by atoms with E-state index in [0.29, 0.717) is 6.54 Å². The van der Waals surface area contributed by atoms with Gasteiger partial charge in [-0.2, -0.15) is 5.10 Å². The van der Waals surface area contributed by atoms with Crippen molar-refractivity contribution in [3.63, 3.8) is 0 Å². The lowest BCUT2D eigenvalue weighted by molar-refractivity contribution is -0.138. The Bertz CT molecular complexity index is 668. The molecule has 2 unspecified atom stereocenters. The summed E-state index contributed by atoms with van der Waals surface area (Å²) in [6.07, 6.45) is 5.16. The summed E-state index contributed by atoms with van der Waals surface area (Å²) in [4.78, 5) is 18.8. The number of rotatable bonds is 3. The minimum atomic E-state index is -1.04. The van der Waals surface area contributed by atoms with Crippen molar-refractivity contribution in [1.29, 1.82) is 0 Å². The van der Waals surface area contributed by atoms with Crippen molar-refractivity contribution in [3.8, 4) is 0 Å². The van der Waals surface area contributed by atoms with Gasteiger partial charge in [0.25, 0.3) is 0 Å². The van der Waals surface area contributed by atoms with Crippen LogP contribution in [0.2, 0.25) is 0 Å². The summed E-state index contributed by atoms with van der Waals surface area (Å²) in [6.45, 7) is 3.12. The summed E-state index contributed by atoms with van der Waals surface area (Å²) in [6, 6.07) is 7.75. The van der Waals surface area contributed by atoms with Crippen LogP contribution in [0.3, 0.4) is 0 Å². The Morgan fingerprint density at radius 2 is 2.13 bits per heavy atom. The van der Waals surface area contributed by atoms with Gasteiger partial charge in [0.05, 0.1) is 6.04 Å². The first kappa shape index (κ1) is 16.1. The molecule has 2 aromatic rings. The zero-order valence-electron chi connectivity index (χ0n) is 13.0. The molecule has 0 bridgehead atoms. The van der Waals surface area contributed by atoms with Crippen molar-refractivity contribution >= 4 is 21.8 Å². The Hall–Kier alpha value is -1.73. The van der Waals surface area contributed by atoms with Crippen molar-refractivity contribution < 1.29 is 4.79 Å². The number of halogens is 1. The number of hydrogen-bond acceptors (Lipinski definition) is 4. The molecule has 6 nitrogen and oxygen atoms in total. The maximum atomic E-state index is 13.0. The average Bonchev–Trinajstić information content (AvgIpc) is 3.09. The van der Waals surface area contributed by atoms with Crippen LogP contribution in [0.1, 0.15) is 31.4 Å². The third kappa shape index (κ3) is 3.30. The molecule has 0 spiro atoms. The number of nitrogens with zero attached hydrogens (tertiary/aromatic N) is 4. The topological polar surface area (TPSA) is 77.0 Å². The SMILES string of the molecule is CC(N)(C(=O)N1CCCC(n2cncn2)C1)c1ccc(Br)cc1. The predicted octanol–water partition coefficient (Wildman–Crippen LogP) is 2.08. The highest BCUT2D eigenvalue weighted by Gasteiger charge is 2.36. The van der Waals surface area contributed by atoms with Gasteiger partial charge in [0.2, 0.25) is 5.91 Å². The van der Waals surface area contributed by atoms with Gasteiger partial charge in [0.1, 0.15) is 18.2 Å². The molecule has 122 valence electrons. The fourth-order valence-electron chi connectivity index (χ4n) is 3.01. The van der Waals surface area contributed by atoms with E-state index in [1.807, 2.05) is 33.8 Å². The van der Waals surface area contributed by atoms with Gasteiger partial charge >= 0.3 is 0 Å². The lowest BCUT2D eigenvalue weighted by Crippen LogP contribution is -2.53. The van der Waals surface area contributed by atoms with Crippen LogP contribution in [0.5, 0.6) is 0 Å². The summed E-state index contributed by atoms with van der Waals surface area (Å²) >= 11 is 3.40. The fourth-order valence-corrected chi connectivity index (χ4v) is 3.27. The van der Waals surface area contributed by atoms with Gasteiger partial charge in [-0.15, -0.1) is 0 Å². The van der Waals surface area contributed by atoms with E-state index in [2.05, 4.69) is 26.0 Å². The van der Waals surface area contributed by atoms with E-state index in [9.17, 15) is 4.79 Å². The molecule has 2 atom stereocenters. The van der Waals surface area contributed by atoms with Crippen molar-refractivity contribution in [2.75, 3.05) is 13.1 Å². The molecule has 2 heterocycles. The summed E-state index contributed by atoms with van der Waals surface area (Å²) in [5, 5.41) is 4.19. The molecule has 3 rings (SSSR count). The maximum absolute atomic E-state index is 13.0. The summed E-state index contributed by atoms with van der Waals surface area (Å²) in [5.41, 5.74) is 6.16. The second-order valence-electron chi connectivity index (χ2n) is 6.13. The molecule has 0 saturated carbocycles. The van der Waals surface area contributed by atoms with Gasteiger partial charge in [-0.3, -0.25) is 4.79 Å². The van der Waals surface area contributed by atoms with Crippen LogP contribution in [-0.4, -0.2) is 38.7 Å². The summed E-state index contributed by atoms with van der Waals surface area (Å²) in [5.74, 6) is -0.0513. The second kappa shape index (κ2) is 6.41. The Kier molecular flexibility index (Phi) is 4.50. The van der Waals surface area contributed by atoms with E-state index < -0.39 is 5.54 Å². The first-order valence-corrected chi connectivity index (χ1v) is 8.46. The summed E-state index contributed by atoms with van der Waals surface area (Å²) in [7, 11) is 0. The number of benzene rings is 1. The zero-order valence-corrected chi connectivity index (χ0v) is 14.6. The van der Waals surface area contributed by atoms with E-state index in [0.717, 1.165) is 29.4 Å². The smallest absolute Gasteiger partial charge is 0.247 e. The van der Waals surface area contributed by atoms with Gasteiger partial charge in [0, 0.05) is 17.6 Å². The number of carbonyl (C=O) groups excluding carboxylic acids is 1. The lowest BCUT2D eigenvalue weighted by Gasteiger charge is -2.37. The van der Waals surface area contributed by atoms with Gasteiger partial charge < -0.3 is 10.6 Å². The number of piperidine rings is 1. The van der Waals surface area contributed by atoms with E-state index >= 15 is 0 Å². The highest BCUT2D eigenvalue weighted by Crippen LogP contribution is 2.27. The van der Waals surface area contributed by atoms with E-state index in [4.69, 9.17) is 5.73 Å². The lowest BCUT2D eigenvalue weighted by atomic mass is 9.90. The highest BCUT2D eigenvalue weighted by atomic mass is 79.9. The molecule has 7 heteroatoms. The number of aromatic nitrogens is 3. The van der Waals surface area contributed by atoms with Gasteiger partial charge in [-0.25, -0.2) is 9.67 Å². The Balaban J connectivity index is 1.77. The third-order valence-corrected chi connectivity index (χ3v) is 4.91. The molecule has 1 aromatic heterocycles. The van der Waals surface area contributed by atoms with Crippen LogP contribution in [0.4, 0.5) is 0 Å².